The zero-order valence-electron chi connectivity index (χ0n) is 10.7. The van der Waals surface area contributed by atoms with Crippen LogP contribution in [0.5, 0.6) is 5.75 Å². The highest BCUT2D eigenvalue weighted by atomic mass is 35.5. The minimum Gasteiger partial charge on any atom is -0.508 e. The minimum absolute atomic E-state index is 0.0379. The molecule has 0 saturated heterocycles. The lowest BCUT2D eigenvalue weighted by Gasteiger charge is -2.24. The zero-order valence-corrected chi connectivity index (χ0v) is 12.3. The second-order valence-electron chi connectivity index (χ2n) is 4.88. The minimum atomic E-state index is -0.241. The smallest absolute Gasteiger partial charge is 0.253 e. The van der Waals surface area contributed by atoms with Crippen LogP contribution in [0.4, 0.5) is 0 Å². The Bertz CT molecular complexity index is 653. The maximum absolute atomic E-state index is 12.3. The number of halogens is 1. The summed E-state index contributed by atoms with van der Waals surface area (Å²) in [6.45, 7) is 0. The van der Waals surface area contributed by atoms with Crippen molar-refractivity contribution < 1.29 is 9.90 Å². The van der Waals surface area contributed by atoms with E-state index >= 15 is 0 Å². The number of benzene rings is 1. The van der Waals surface area contributed by atoms with Crippen LogP contribution in [0.2, 0.25) is 5.02 Å². The van der Waals surface area contributed by atoms with E-state index in [1.165, 1.54) is 28.6 Å². The summed E-state index contributed by atoms with van der Waals surface area (Å²) in [5, 5.41) is 14.9. The Balaban J connectivity index is 1.82. The first-order valence-electron chi connectivity index (χ1n) is 6.51. The maximum atomic E-state index is 12.3. The summed E-state index contributed by atoms with van der Waals surface area (Å²) in [4.78, 5) is 13.7. The standard InChI is InChI=1S/C15H14ClNO2S/c16-12-5-4-9(18)8-11(12)15(19)17-13-2-1-3-14-10(13)6-7-20-14/h4-8,13,18H,1-3H2,(H,17,19). The molecule has 1 amide bonds. The third kappa shape index (κ3) is 2.53. The average Bonchev–Trinajstić information content (AvgIpc) is 2.91. The Morgan fingerprint density at radius 1 is 1.40 bits per heavy atom. The SMILES string of the molecule is O=C(NC1CCCc2sccc21)c1cc(O)ccc1Cl. The lowest BCUT2D eigenvalue weighted by Crippen LogP contribution is -2.30. The molecule has 0 fully saturated rings. The van der Waals surface area contributed by atoms with E-state index < -0.39 is 0 Å². The second kappa shape index (κ2) is 5.46. The Kier molecular flexibility index (Phi) is 3.68. The third-order valence-corrected chi connectivity index (χ3v) is 4.88. The van der Waals surface area contributed by atoms with Gasteiger partial charge in [-0.3, -0.25) is 4.79 Å². The van der Waals surface area contributed by atoms with Crippen LogP contribution in [0.15, 0.2) is 29.6 Å². The van der Waals surface area contributed by atoms with E-state index in [-0.39, 0.29) is 17.7 Å². The fourth-order valence-electron chi connectivity index (χ4n) is 2.56. The van der Waals surface area contributed by atoms with Crippen molar-refractivity contribution in [3.05, 3.63) is 50.7 Å². The Morgan fingerprint density at radius 3 is 3.10 bits per heavy atom. The van der Waals surface area contributed by atoms with Crippen molar-refractivity contribution in [1.82, 2.24) is 5.32 Å². The molecule has 3 rings (SSSR count). The number of aromatic hydroxyl groups is 1. The van der Waals surface area contributed by atoms with Crippen molar-refractivity contribution in [1.29, 1.82) is 0 Å². The molecule has 20 heavy (non-hydrogen) atoms. The number of thiophene rings is 1. The highest BCUT2D eigenvalue weighted by Gasteiger charge is 2.23. The maximum Gasteiger partial charge on any atom is 0.253 e. The molecule has 0 spiro atoms. The van der Waals surface area contributed by atoms with Gasteiger partial charge < -0.3 is 10.4 Å². The first-order valence-corrected chi connectivity index (χ1v) is 7.76. The number of carbonyl (C=O) groups excluding carboxylic acids is 1. The Labute approximate surface area is 126 Å². The summed E-state index contributed by atoms with van der Waals surface area (Å²) in [6.07, 6.45) is 3.10. The second-order valence-corrected chi connectivity index (χ2v) is 6.29. The van der Waals surface area contributed by atoms with Gasteiger partial charge in [-0.2, -0.15) is 0 Å². The Morgan fingerprint density at radius 2 is 2.25 bits per heavy atom. The first kappa shape index (κ1) is 13.5. The van der Waals surface area contributed by atoms with E-state index in [9.17, 15) is 9.90 Å². The number of phenolic OH excluding ortho intramolecular Hbond substituents is 1. The molecular formula is C15H14ClNO2S. The van der Waals surface area contributed by atoms with E-state index in [4.69, 9.17) is 11.6 Å². The summed E-state index contributed by atoms with van der Waals surface area (Å²) in [5.74, 6) is -0.200. The molecule has 0 aliphatic heterocycles. The van der Waals surface area contributed by atoms with E-state index in [2.05, 4.69) is 16.8 Å². The van der Waals surface area contributed by atoms with E-state index in [0.717, 1.165) is 19.3 Å². The number of rotatable bonds is 2. The van der Waals surface area contributed by atoms with Gasteiger partial charge >= 0.3 is 0 Å². The van der Waals surface area contributed by atoms with Crippen molar-refractivity contribution in [3.63, 3.8) is 0 Å². The molecule has 1 heterocycles. The Hall–Kier alpha value is -1.52. The van der Waals surface area contributed by atoms with E-state index in [1.54, 1.807) is 11.3 Å². The van der Waals surface area contributed by atoms with Crippen molar-refractivity contribution in [2.24, 2.45) is 0 Å². The van der Waals surface area contributed by atoms with Gasteiger partial charge in [0.2, 0.25) is 0 Å². The predicted molar refractivity (Wildman–Crippen MR) is 80.6 cm³/mol. The van der Waals surface area contributed by atoms with Crippen LogP contribution in [0.1, 0.15) is 39.7 Å². The highest BCUT2D eigenvalue weighted by molar-refractivity contribution is 7.10. The molecule has 1 aliphatic carbocycles. The quantitative estimate of drug-likeness (QED) is 0.883. The predicted octanol–water partition coefficient (Wildman–Crippen LogP) is 3.91. The average molecular weight is 308 g/mol. The number of hydrogen-bond acceptors (Lipinski definition) is 3. The van der Waals surface area contributed by atoms with E-state index in [0.29, 0.717) is 10.6 Å². The first-order chi connectivity index (χ1) is 9.65. The summed E-state index contributed by atoms with van der Waals surface area (Å²) < 4.78 is 0. The number of phenols is 1. The van der Waals surface area contributed by atoms with Crippen LogP contribution in [0.25, 0.3) is 0 Å². The molecule has 3 nitrogen and oxygen atoms in total. The molecule has 1 atom stereocenters. The van der Waals surface area contributed by atoms with Crippen LogP contribution in [0.3, 0.4) is 0 Å². The van der Waals surface area contributed by atoms with Gasteiger partial charge in [-0.15, -0.1) is 11.3 Å². The van der Waals surface area contributed by atoms with Crippen molar-refractivity contribution in [2.45, 2.75) is 25.3 Å². The third-order valence-electron chi connectivity index (χ3n) is 3.55. The molecule has 2 aromatic rings. The molecule has 0 radical (unpaired) electrons. The molecule has 104 valence electrons. The molecule has 2 N–H and O–H groups in total. The summed E-state index contributed by atoms with van der Waals surface area (Å²) >= 11 is 7.76. The van der Waals surface area contributed by atoms with Crippen LogP contribution in [-0.4, -0.2) is 11.0 Å². The topological polar surface area (TPSA) is 49.3 Å². The van der Waals surface area contributed by atoms with Gasteiger partial charge in [0.1, 0.15) is 5.75 Å². The van der Waals surface area contributed by atoms with Crippen LogP contribution in [-0.2, 0) is 6.42 Å². The summed E-state index contributed by atoms with van der Waals surface area (Å²) in [7, 11) is 0. The fourth-order valence-corrected chi connectivity index (χ4v) is 3.75. The van der Waals surface area contributed by atoms with Gasteiger partial charge in [-0.05, 0) is 54.5 Å². The van der Waals surface area contributed by atoms with E-state index in [1.807, 2.05) is 0 Å². The number of fused-ring (bicyclic) bond motifs is 1. The monoisotopic (exact) mass is 307 g/mol. The van der Waals surface area contributed by atoms with Gasteiger partial charge in [0.25, 0.3) is 5.91 Å². The largest absolute Gasteiger partial charge is 0.508 e. The normalized spacial score (nSPS) is 17.6. The molecule has 0 bridgehead atoms. The number of aryl methyl sites for hydroxylation is 1. The molecule has 5 heteroatoms. The lowest BCUT2D eigenvalue weighted by atomic mass is 9.94. The van der Waals surface area contributed by atoms with Gasteiger partial charge in [0, 0.05) is 4.88 Å². The van der Waals surface area contributed by atoms with Crippen molar-refractivity contribution in [3.8, 4) is 5.75 Å². The molecular weight excluding hydrogens is 294 g/mol. The number of amides is 1. The van der Waals surface area contributed by atoms with Crippen molar-refractivity contribution >= 4 is 28.8 Å². The summed E-state index contributed by atoms with van der Waals surface area (Å²) in [5.41, 5.74) is 1.53. The lowest BCUT2D eigenvalue weighted by molar-refractivity contribution is 0.0932. The van der Waals surface area contributed by atoms with Crippen LogP contribution in [0, 0.1) is 0 Å². The van der Waals surface area contributed by atoms with Crippen LogP contribution >= 0.6 is 22.9 Å². The molecule has 1 aromatic carbocycles. The zero-order chi connectivity index (χ0) is 14.1. The molecule has 1 aromatic heterocycles. The summed E-state index contributed by atoms with van der Waals surface area (Å²) in [6, 6.07) is 6.51. The highest BCUT2D eigenvalue weighted by Crippen LogP contribution is 2.33. The molecule has 0 saturated carbocycles. The van der Waals surface area contributed by atoms with Gasteiger partial charge in [0.05, 0.1) is 16.6 Å². The number of carbonyl (C=O) groups is 1. The number of hydrogen-bond donors (Lipinski definition) is 2. The van der Waals surface area contributed by atoms with Gasteiger partial charge in [-0.25, -0.2) is 0 Å². The molecule has 1 unspecified atom stereocenters. The molecule has 1 aliphatic rings. The van der Waals surface area contributed by atoms with Crippen molar-refractivity contribution in [2.75, 3.05) is 0 Å². The van der Waals surface area contributed by atoms with Gasteiger partial charge in [-0.1, -0.05) is 11.6 Å². The van der Waals surface area contributed by atoms with Crippen LogP contribution < -0.4 is 5.32 Å². The number of nitrogens with one attached hydrogen (secondary N) is 1. The fraction of sp³-hybridized carbons (Fsp3) is 0.267. The van der Waals surface area contributed by atoms with Gasteiger partial charge in [0.15, 0.2) is 0 Å².